The first-order valence-corrected chi connectivity index (χ1v) is 10.1. The molecule has 2 bridgehead atoms. The largest absolute Gasteiger partial charge is 0.488 e. The zero-order valence-electron chi connectivity index (χ0n) is 15.9. The van der Waals surface area contributed by atoms with Gasteiger partial charge in [0.05, 0.1) is 17.2 Å². The van der Waals surface area contributed by atoms with E-state index in [2.05, 4.69) is 10.6 Å². The molecule has 2 N–H and O–H groups in total. The summed E-state index contributed by atoms with van der Waals surface area (Å²) in [6, 6.07) is 15.3. The molecule has 0 radical (unpaired) electrons. The first-order chi connectivity index (χ1) is 14.1. The average molecular weight is 387 g/mol. The zero-order valence-corrected chi connectivity index (χ0v) is 15.9. The molecule has 6 heteroatoms. The van der Waals surface area contributed by atoms with Gasteiger partial charge in [0.25, 0.3) is 11.8 Å². The van der Waals surface area contributed by atoms with Crippen molar-refractivity contribution >= 4 is 23.6 Å². The fourth-order valence-corrected chi connectivity index (χ4v) is 5.39. The van der Waals surface area contributed by atoms with E-state index in [4.69, 9.17) is 4.74 Å². The molecule has 2 fully saturated rings. The van der Waals surface area contributed by atoms with Crippen molar-refractivity contribution in [2.24, 2.45) is 0 Å². The average Bonchev–Trinajstić information content (AvgIpc) is 3.28. The Kier molecular flexibility index (Phi) is 3.37. The van der Waals surface area contributed by atoms with Crippen LogP contribution in [-0.4, -0.2) is 41.1 Å². The van der Waals surface area contributed by atoms with Crippen molar-refractivity contribution in [3.63, 3.8) is 0 Å². The van der Waals surface area contributed by atoms with Gasteiger partial charge in [-0.1, -0.05) is 30.3 Å². The van der Waals surface area contributed by atoms with Gasteiger partial charge in [0.15, 0.2) is 0 Å². The van der Waals surface area contributed by atoms with Gasteiger partial charge in [0.2, 0.25) is 0 Å². The number of carbonyl (C=O) groups excluding carboxylic acids is 2. The fraction of sp³-hybridized carbons (Fsp3) is 0.304. The van der Waals surface area contributed by atoms with Gasteiger partial charge < -0.3 is 20.3 Å². The van der Waals surface area contributed by atoms with Crippen molar-refractivity contribution < 1.29 is 14.3 Å². The van der Waals surface area contributed by atoms with Crippen LogP contribution in [0.5, 0.6) is 5.75 Å². The van der Waals surface area contributed by atoms with E-state index >= 15 is 0 Å². The van der Waals surface area contributed by atoms with E-state index in [1.54, 1.807) is 0 Å². The predicted octanol–water partition coefficient (Wildman–Crippen LogP) is 2.78. The summed E-state index contributed by atoms with van der Waals surface area (Å²) in [5.74, 6) is 0.745. The minimum absolute atomic E-state index is 0.0128. The Morgan fingerprint density at radius 2 is 1.90 bits per heavy atom. The Balaban J connectivity index is 1.33. The summed E-state index contributed by atoms with van der Waals surface area (Å²) in [6.07, 6.45) is 4.49. The molecule has 0 aliphatic carbocycles. The molecule has 6 nitrogen and oxygen atoms in total. The molecule has 0 aromatic heterocycles. The number of rotatable bonds is 1. The Bertz CT molecular complexity index is 1080. The van der Waals surface area contributed by atoms with Gasteiger partial charge in [-0.2, -0.15) is 0 Å². The molecule has 2 amide bonds. The summed E-state index contributed by atoms with van der Waals surface area (Å²) < 4.78 is 5.81. The second-order valence-electron chi connectivity index (χ2n) is 8.26. The predicted molar refractivity (Wildman–Crippen MR) is 108 cm³/mol. The number of ether oxygens (including phenoxy) is 1. The summed E-state index contributed by atoms with van der Waals surface area (Å²) in [5, 5.41) is 6.75. The monoisotopic (exact) mass is 387 g/mol. The maximum Gasteiger partial charge on any atom is 0.255 e. The van der Waals surface area contributed by atoms with E-state index in [1.165, 1.54) is 0 Å². The van der Waals surface area contributed by atoms with E-state index in [1.807, 2.05) is 59.5 Å². The summed E-state index contributed by atoms with van der Waals surface area (Å²) >= 11 is 0. The van der Waals surface area contributed by atoms with E-state index in [-0.39, 0.29) is 30.5 Å². The van der Waals surface area contributed by atoms with E-state index in [0.29, 0.717) is 17.6 Å². The summed E-state index contributed by atoms with van der Waals surface area (Å²) in [6.45, 7) is 0.279. The maximum atomic E-state index is 13.5. The van der Waals surface area contributed by atoms with Gasteiger partial charge in [0, 0.05) is 23.7 Å². The van der Waals surface area contributed by atoms with Gasteiger partial charge in [0.1, 0.15) is 18.0 Å². The van der Waals surface area contributed by atoms with Crippen LogP contribution in [0.3, 0.4) is 0 Å². The Hall–Kier alpha value is -3.28. The van der Waals surface area contributed by atoms with Crippen LogP contribution in [0.1, 0.15) is 35.2 Å². The van der Waals surface area contributed by atoms with Crippen LogP contribution >= 0.6 is 0 Å². The molecule has 0 saturated carbocycles. The van der Waals surface area contributed by atoms with Crippen LogP contribution in [0.15, 0.2) is 54.1 Å². The number of fused-ring (bicyclic) bond motifs is 5. The van der Waals surface area contributed by atoms with Gasteiger partial charge in [-0.15, -0.1) is 0 Å². The number of carbonyl (C=O) groups is 2. The number of hydrogen-bond donors (Lipinski definition) is 2. The molecule has 2 aromatic rings. The second-order valence-corrected chi connectivity index (χ2v) is 8.26. The molecule has 4 heterocycles. The van der Waals surface area contributed by atoms with Gasteiger partial charge in [-0.25, -0.2) is 0 Å². The number of para-hydroxylation sites is 2. The second kappa shape index (κ2) is 5.86. The topological polar surface area (TPSA) is 70.7 Å². The van der Waals surface area contributed by atoms with Crippen LogP contribution < -0.4 is 15.4 Å². The van der Waals surface area contributed by atoms with Crippen molar-refractivity contribution in [3.8, 4) is 5.75 Å². The van der Waals surface area contributed by atoms with E-state index in [0.717, 1.165) is 29.8 Å². The lowest BCUT2D eigenvalue weighted by Gasteiger charge is -2.43. The highest BCUT2D eigenvalue weighted by Crippen LogP contribution is 2.47. The minimum Gasteiger partial charge on any atom is -0.488 e. The lowest BCUT2D eigenvalue weighted by atomic mass is 9.86. The lowest BCUT2D eigenvalue weighted by molar-refractivity contribution is -0.129. The van der Waals surface area contributed by atoms with Crippen molar-refractivity contribution in [3.05, 3.63) is 65.2 Å². The first-order valence-electron chi connectivity index (χ1n) is 10.1. The summed E-state index contributed by atoms with van der Waals surface area (Å²) in [7, 11) is 0. The standard InChI is InChI=1S/C23H21N3O3/c27-21-17-6-2-3-7-18(17)24-23(25-21)12-16-9-10-20(23)26(16)22(28)15-11-14-5-1-4-8-19(14)29-13-15/h1-8,11,16,20,24H,9-10,12-13H2,(H,25,27). The van der Waals surface area contributed by atoms with Crippen molar-refractivity contribution in [1.29, 1.82) is 0 Å². The number of nitrogens with zero attached hydrogens (tertiary/aromatic N) is 1. The third kappa shape index (κ3) is 2.35. The quantitative estimate of drug-likeness (QED) is 0.789. The van der Waals surface area contributed by atoms with E-state index < -0.39 is 5.66 Å². The molecule has 29 heavy (non-hydrogen) atoms. The highest BCUT2D eigenvalue weighted by Gasteiger charge is 2.60. The van der Waals surface area contributed by atoms with Crippen molar-refractivity contribution in [1.82, 2.24) is 10.2 Å². The van der Waals surface area contributed by atoms with Crippen LogP contribution in [0.2, 0.25) is 0 Å². The molecular formula is C23H21N3O3. The molecule has 2 saturated heterocycles. The zero-order chi connectivity index (χ0) is 19.6. The van der Waals surface area contributed by atoms with Crippen LogP contribution in [0.4, 0.5) is 5.69 Å². The Labute approximate surface area is 168 Å². The minimum atomic E-state index is -0.599. The van der Waals surface area contributed by atoms with Crippen LogP contribution in [-0.2, 0) is 4.79 Å². The maximum absolute atomic E-state index is 13.5. The number of hydrogen-bond acceptors (Lipinski definition) is 4. The molecule has 6 rings (SSSR count). The Morgan fingerprint density at radius 1 is 1.07 bits per heavy atom. The molecule has 3 unspecified atom stereocenters. The molecule has 4 aliphatic heterocycles. The molecule has 146 valence electrons. The first kappa shape index (κ1) is 16.7. The molecular weight excluding hydrogens is 366 g/mol. The smallest absolute Gasteiger partial charge is 0.255 e. The number of amides is 2. The molecule has 1 spiro atoms. The Morgan fingerprint density at radius 3 is 2.83 bits per heavy atom. The fourth-order valence-electron chi connectivity index (χ4n) is 5.39. The van der Waals surface area contributed by atoms with Crippen LogP contribution in [0, 0.1) is 0 Å². The number of anilines is 1. The van der Waals surface area contributed by atoms with Crippen LogP contribution in [0.25, 0.3) is 6.08 Å². The lowest BCUT2D eigenvalue weighted by Crippen LogP contribution is -2.64. The normalized spacial score (nSPS) is 28.8. The van der Waals surface area contributed by atoms with Crippen molar-refractivity contribution in [2.75, 3.05) is 11.9 Å². The summed E-state index contributed by atoms with van der Waals surface area (Å²) in [4.78, 5) is 28.2. The molecule has 4 aliphatic rings. The highest BCUT2D eigenvalue weighted by atomic mass is 16.5. The van der Waals surface area contributed by atoms with Crippen molar-refractivity contribution in [2.45, 2.75) is 37.0 Å². The summed E-state index contributed by atoms with van der Waals surface area (Å²) in [5.41, 5.74) is 2.49. The molecule has 2 aromatic carbocycles. The molecule has 3 atom stereocenters. The van der Waals surface area contributed by atoms with Gasteiger partial charge in [-0.05, 0) is 37.1 Å². The number of nitrogens with one attached hydrogen (secondary N) is 2. The SMILES string of the molecule is O=C1NC2(CC3CCC2N3C(=O)C2=Cc3ccccc3OC2)Nc2ccccc21. The van der Waals surface area contributed by atoms with Gasteiger partial charge >= 0.3 is 0 Å². The number of benzene rings is 2. The van der Waals surface area contributed by atoms with E-state index in [9.17, 15) is 9.59 Å². The highest BCUT2D eigenvalue weighted by molar-refractivity contribution is 6.03. The third-order valence-corrected chi connectivity index (χ3v) is 6.64. The van der Waals surface area contributed by atoms with Gasteiger partial charge in [-0.3, -0.25) is 9.59 Å². The third-order valence-electron chi connectivity index (χ3n) is 6.64.